The summed E-state index contributed by atoms with van der Waals surface area (Å²) in [6.45, 7) is 15.9. The molecule has 0 heterocycles. The van der Waals surface area contributed by atoms with Crippen molar-refractivity contribution in [3.63, 3.8) is 0 Å². The number of hydrogen-bond acceptors (Lipinski definition) is 9. The van der Waals surface area contributed by atoms with E-state index >= 15 is 0 Å². The number of unbranched alkanes of at least 4 members (excludes halogenated alkanes) is 10. The number of carbonyl (C=O) groups excluding carboxylic acids is 1. The van der Waals surface area contributed by atoms with Crippen LogP contribution in [-0.4, -0.2) is 123 Å². The summed E-state index contributed by atoms with van der Waals surface area (Å²) in [6, 6.07) is 0. The Kier molecular flexibility index (Phi) is 31.6. The van der Waals surface area contributed by atoms with Gasteiger partial charge in [-0.25, -0.2) is 4.79 Å². The Morgan fingerprint density at radius 3 is 1.12 bits per heavy atom. The Morgan fingerprint density at radius 2 is 0.767 bits per heavy atom. The highest BCUT2D eigenvalue weighted by molar-refractivity contribution is 5.67. The van der Waals surface area contributed by atoms with Crippen molar-refractivity contribution in [2.45, 2.75) is 104 Å². The third-order valence-corrected chi connectivity index (χ3v) is 6.40. The fourth-order valence-electron chi connectivity index (χ4n) is 3.92. The maximum atomic E-state index is 11.8. The molecule has 10 nitrogen and oxygen atoms in total. The summed E-state index contributed by atoms with van der Waals surface area (Å²) in [4.78, 5) is 13.3. The highest BCUT2D eigenvalue weighted by atomic mass is 16.6. The molecule has 0 bridgehead atoms. The molecule has 0 N–H and O–H groups in total. The van der Waals surface area contributed by atoms with Gasteiger partial charge in [0.2, 0.25) is 0 Å². The molecule has 0 atom stereocenters. The predicted molar refractivity (Wildman–Crippen MR) is 171 cm³/mol. The van der Waals surface area contributed by atoms with Crippen LogP contribution in [-0.2, 0) is 37.9 Å². The molecule has 0 unspecified atom stereocenters. The van der Waals surface area contributed by atoms with Crippen LogP contribution >= 0.6 is 0 Å². The number of ether oxygens (including phenoxy) is 8. The van der Waals surface area contributed by atoms with E-state index in [2.05, 4.69) is 6.92 Å². The molecule has 0 saturated heterocycles. The monoisotopic (exact) mass is 621 g/mol. The Balaban J connectivity index is 3.14. The van der Waals surface area contributed by atoms with E-state index in [1.165, 1.54) is 69.1 Å². The highest BCUT2D eigenvalue weighted by Crippen LogP contribution is 2.11. The molecular formula is C33H67NO9. The molecule has 0 saturated carbocycles. The third-order valence-electron chi connectivity index (χ3n) is 6.40. The fraction of sp³-hybridized carbons (Fsp3) is 0.970. The number of carbonyl (C=O) groups is 1. The second-order valence-electron chi connectivity index (χ2n) is 11.7. The van der Waals surface area contributed by atoms with E-state index < -0.39 is 5.60 Å². The van der Waals surface area contributed by atoms with Gasteiger partial charge in [-0.1, -0.05) is 71.1 Å². The fourth-order valence-corrected chi connectivity index (χ4v) is 3.92. The van der Waals surface area contributed by atoms with Gasteiger partial charge in [0.05, 0.1) is 85.9 Å². The normalized spacial score (nSPS) is 11.7. The van der Waals surface area contributed by atoms with Crippen LogP contribution in [0.1, 0.15) is 98.3 Å². The van der Waals surface area contributed by atoms with E-state index in [1.807, 2.05) is 20.8 Å². The first-order valence-corrected chi connectivity index (χ1v) is 16.8. The molecule has 0 aromatic carbocycles. The SMILES string of the molecule is CCCCCCCCCCCCCOCCOCCOCCOCCOCCOCCOCCN(C)C(=O)OC(C)(C)C. The van der Waals surface area contributed by atoms with Crippen molar-refractivity contribution in [3.05, 3.63) is 0 Å². The van der Waals surface area contributed by atoms with E-state index in [9.17, 15) is 4.79 Å². The van der Waals surface area contributed by atoms with E-state index in [4.69, 9.17) is 37.9 Å². The van der Waals surface area contributed by atoms with Gasteiger partial charge in [0.1, 0.15) is 5.60 Å². The first kappa shape index (κ1) is 42.0. The topological polar surface area (TPSA) is 94.2 Å². The summed E-state index contributed by atoms with van der Waals surface area (Å²) < 4.78 is 43.9. The van der Waals surface area contributed by atoms with Gasteiger partial charge >= 0.3 is 6.09 Å². The van der Waals surface area contributed by atoms with Gasteiger partial charge in [-0.15, -0.1) is 0 Å². The molecule has 0 radical (unpaired) electrons. The van der Waals surface area contributed by atoms with Crippen molar-refractivity contribution < 1.29 is 42.7 Å². The molecule has 1 amide bonds. The zero-order valence-corrected chi connectivity index (χ0v) is 28.5. The summed E-state index contributed by atoms with van der Waals surface area (Å²) >= 11 is 0. The minimum atomic E-state index is -0.500. The zero-order chi connectivity index (χ0) is 31.7. The van der Waals surface area contributed by atoms with Crippen LogP contribution in [0.15, 0.2) is 0 Å². The standard InChI is InChI=1S/C33H67NO9/c1-6-7-8-9-10-11-12-13-14-15-16-18-36-20-22-38-24-26-40-28-30-42-31-29-41-27-25-39-23-21-37-19-17-34(5)32(35)43-33(2,3)4/h6-31H2,1-5H3. The van der Waals surface area contributed by atoms with Gasteiger partial charge in [-0.3, -0.25) is 0 Å². The lowest BCUT2D eigenvalue weighted by molar-refractivity contribution is -0.0213. The van der Waals surface area contributed by atoms with Crippen LogP contribution in [0, 0.1) is 0 Å². The molecule has 0 aliphatic rings. The van der Waals surface area contributed by atoms with Crippen LogP contribution in [0.5, 0.6) is 0 Å². The number of rotatable bonds is 33. The maximum Gasteiger partial charge on any atom is 0.410 e. The number of likely N-dealkylation sites (N-methyl/N-ethyl adjacent to an activating group) is 1. The minimum Gasteiger partial charge on any atom is -0.444 e. The first-order chi connectivity index (χ1) is 20.9. The lowest BCUT2D eigenvalue weighted by Gasteiger charge is -2.24. The quantitative estimate of drug-likeness (QED) is 0.0785. The number of amides is 1. The van der Waals surface area contributed by atoms with Crippen molar-refractivity contribution in [3.8, 4) is 0 Å². The summed E-state index contributed by atoms with van der Waals surface area (Å²) in [6.07, 6.45) is 14.5. The lowest BCUT2D eigenvalue weighted by atomic mass is 10.1. The van der Waals surface area contributed by atoms with Crippen molar-refractivity contribution >= 4 is 6.09 Å². The number of nitrogens with zero attached hydrogens (tertiary/aromatic N) is 1. The average molecular weight is 622 g/mol. The molecule has 0 rings (SSSR count). The van der Waals surface area contributed by atoms with E-state index in [1.54, 1.807) is 7.05 Å². The van der Waals surface area contributed by atoms with E-state index in [0.717, 1.165) is 13.0 Å². The zero-order valence-electron chi connectivity index (χ0n) is 28.5. The molecule has 0 aromatic rings. The molecule has 0 fully saturated rings. The Labute approximate surface area is 263 Å². The van der Waals surface area contributed by atoms with Gasteiger partial charge in [0, 0.05) is 20.2 Å². The summed E-state index contributed by atoms with van der Waals surface area (Å²) in [5.41, 5.74) is -0.500. The minimum absolute atomic E-state index is 0.354. The lowest BCUT2D eigenvalue weighted by Crippen LogP contribution is -2.36. The van der Waals surface area contributed by atoms with Crippen LogP contribution < -0.4 is 0 Å². The predicted octanol–water partition coefficient (Wildman–Crippen LogP) is 6.28. The third kappa shape index (κ3) is 35.3. The molecule has 0 spiro atoms. The maximum absolute atomic E-state index is 11.8. The molecular weight excluding hydrogens is 554 g/mol. The molecule has 10 heteroatoms. The van der Waals surface area contributed by atoms with Crippen LogP contribution in [0.25, 0.3) is 0 Å². The molecule has 43 heavy (non-hydrogen) atoms. The summed E-state index contributed by atoms with van der Waals surface area (Å²) in [5.74, 6) is 0. The first-order valence-electron chi connectivity index (χ1n) is 16.8. The Hall–Kier alpha value is -1.01. The molecule has 258 valence electrons. The van der Waals surface area contributed by atoms with Crippen molar-refractivity contribution in [2.75, 3.05) is 106 Å². The largest absolute Gasteiger partial charge is 0.444 e. The van der Waals surface area contributed by atoms with Crippen LogP contribution in [0.2, 0.25) is 0 Å². The van der Waals surface area contributed by atoms with Crippen molar-refractivity contribution in [2.24, 2.45) is 0 Å². The molecule has 0 aromatic heterocycles. The van der Waals surface area contributed by atoms with Gasteiger partial charge in [0.15, 0.2) is 0 Å². The molecule has 0 aliphatic carbocycles. The Morgan fingerprint density at radius 1 is 0.465 bits per heavy atom. The van der Waals surface area contributed by atoms with Gasteiger partial charge in [-0.2, -0.15) is 0 Å². The number of hydrogen-bond donors (Lipinski definition) is 0. The highest BCUT2D eigenvalue weighted by Gasteiger charge is 2.19. The smallest absolute Gasteiger partial charge is 0.410 e. The average Bonchev–Trinajstić information content (AvgIpc) is 2.96. The van der Waals surface area contributed by atoms with Crippen molar-refractivity contribution in [1.82, 2.24) is 4.90 Å². The van der Waals surface area contributed by atoms with E-state index in [-0.39, 0.29) is 6.09 Å². The summed E-state index contributed by atoms with van der Waals surface area (Å²) in [5, 5.41) is 0. The Bertz CT molecular complexity index is 575. The van der Waals surface area contributed by atoms with Crippen molar-refractivity contribution in [1.29, 1.82) is 0 Å². The van der Waals surface area contributed by atoms with Gasteiger partial charge < -0.3 is 42.8 Å². The van der Waals surface area contributed by atoms with Crippen LogP contribution in [0.3, 0.4) is 0 Å². The summed E-state index contributed by atoms with van der Waals surface area (Å²) in [7, 11) is 1.69. The van der Waals surface area contributed by atoms with E-state index in [0.29, 0.717) is 92.4 Å². The molecule has 0 aliphatic heterocycles. The second kappa shape index (κ2) is 32.4. The second-order valence-corrected chi connectivity index (χ2v) is 11.7. The van der Waals surface area contributed by atoms with Crippen LogP contribution in [0.4, 0.5) is 4.79 Å². The van der Waals surface area contributed by atoms with Gasteiger partial charge in [0.25, 0.3) is 0 Å². The van der Waals surface area contributed by atoms with Gasteiger partial charge in [-0.05, 0) is 27.2 Å².